The summed E-state index contributed by atoms with van der Waals surface area (Å²) in [4.78, 5) is 2.40. The van der Waals surface area contributed by atoms with Crippen molar-refractivity contribution in [1.29, 1.82) is 0 Å². The average Bonchev–Trinajstić information content (AvgIpc) is 2.26. The van der Waals surface area contributed by atoms with Gasteiger partial charge in [-0.05, 0) is 23.8 Å². The highest BCUT2D eigenvalue weighted by molar-refractivity contribution is 5.25. The zero-order valence-corrected chi connectivity index (χ0v) is 12.0. The third-order valence-corrected chi connectivity index (χ3v) is 4.51. The molecule has 18 heavy (non-hydrogen) atoms. The Morgan fingerprint density at radius 3 is 2.11 bits per heavy atom. The van der Waals surface area contributed by atoms with Gasteiger partial charge in [0, 0.05) is 13.1 Å². The van der Waals surface area contributed by atoms with Crippen LogP contribution in [0.4, 0.5) is 0 Å². The van der Waals surface area contributed by atoms with Crippen LogP contribution >= 0.6 is 0 Å². The van der Waals surface area contributed by atoms with E-state index in [-0.39, 0.29) is 12.1 Å². The molecule has 0 aliphatic carbocycles. The monoisotopic (exact) mass is 247 g/mol. The SMILES string of the molecule is CC(C)(C)C1CN(C(C)(CO)c2ccccc2)C1. The van der Waals surface area contributed by atoms with Crippen molar-refractivity contribution in [3.05, 3.63) is 35.9 Å². The van der Waals surface area contributed by atoms with Gasteiger partial charge in [-0.3, -0.25) is 4.90 Å². The number of aliphatic hydroxyl groups is 1. The van der Waals surface area contributed by atoms with Gasteiger partial charge >= 0.3 is 0 Å². The van der Waals surface area contributed by atoms with Crippen LogP contribution in [0.3, 0.4) is 0 Å². The molecule has 1 aromatic rings. The molecule has 0 radical (unpaired) electrons. The van der Waals surface area contributed by atoms with Gasteiger partial charge in [-0.2, -0.15) is 0 Å². The van der Waals surface area contributed by atoms with Crippen LogP contribution in [0.25, 0.3) is 0 Å². The summed E-state index contributed by atoms with van der Waals surface area (Å²) >= 11 is 0. The van der Waals surface area contributed by atoms with E-state index in [0.717, 1.165) is 19.0 Å². The molecule has 2 nitrogen and oxygen atoms in total. The van der Waals surface area contributed by atoms with Crippen molar-refractivity contribution in [2.75, 3.05) is 19.7 Å². The van der Waals surface area contributed by atoms with E-state index in [2.05, 4.69) is 44.7 Å². The average molecular weight is 247 g/mol. The number of rotatable bonds is 3. The Bertz CT molecular complexity index is 389. The van der Waals surface area contributed by atoms with E-state index in [1.165, 1.54) is 5.56 Å². The van der Waals surface area contributed by atoms with E-state index >= 15 is 0 Å². The minimum Gasteiger partial charge on any atom is -0.394 e. The summed E-state index contributed by atoms with van der Waals surface area (Å²) in [5.74, 6) is 0.729. The van der Waals surface area contributed by atoms with Crippen molar-refractivity contribution in [3.8, 4) is 0 Å². The van der Waals surface area contributed by atoms with Gasteiger partial charge in [0.15, 0.2) is 0 Å². The van der Waals surface area contributed by atoms with Crippen LogP contribution < -0.4 is 0 Å². The zero-order chi connectivity index (χ0) is 13.4. The van der Waals surface area contributed by atoms with E-state index in [1.54, 1.807) is 0 Å². The summed E-state index contributed by atoms with van der Waals surface area (Å²) in [5, 5.41) is 9.82. The van der Waals surface area contributed by atoms with E-state index in [1.807, 2.05) is 18.2 Å². The van der Waals surface area contributed by atoms with E-state index in [9.17, 15) is 5.11 Å². The fraction of sp³-hybridized carbons (Fsp3) is 0.625. The van der Waals surface area contributed by atoms with Crippen LogP contribution in [0, 0.1) is 11.3 Å². The lowest BCUT2D eigenvalue weighted by Crippen LogP contribution is -2.61. The lowest BCUT2D eigenvalue weighted by molar-refractivity contribution is -0.0734. The second kappa shape index (κ2) is 4.67. The highest BCUT2D eigenvalue weighted by Crippen LogP contribution is 2.40. The van der Waals surface area contributed by atoms with E-state index in [4.69, 9.17) is 0 Å². The van der Waals surface area contributed by atoms with E-state index in [0.29, 0.717) is 5.41 Å². The Morgan fingerprint density at radius 2 is 1.67 bits per heavy atom. The highest BCUT2D eigenvalue weighted by Gasteiger charge is 2.44. The molecule has 1 N–H and O–H groups in total. The predicted octanol–water partition coefficient (Wildman–Crippen LogP) is 2.87. The van der Waals surface area contributed by atoms with Crippen LogP contribution in [0.5, 0.6) is 0 Å². The molecule has 1 aliphatic rings. The Kier molecular flexibility index (Phi) is 3.52. The molecule has 0 bridgehead atoms. The van der Waals surface area contributed by atoms with Gasteiger partial charge in [0.1, 0.15) is 0 Å². The lowest BCUT2D eigenvalue weighted by Gasteiger charge is -2.54. The minimum atomic E-state index is -0.233. The first-order chi connectivity index (χ1) is 8.38. The normalized spacial score (nSPS) is 21.4. The number of hydrogen-bond acceptors (Lipinski definition) is 2. The maximum atomic E-state index is 9.82. The molecule has 1 aliphatic heterocycles. The van der Waals surface area contributed by atoms with Crippen molar-refractivity contribution in [2.24, 2.45) is 11.3 Å². The van der Waals surface area contributed by atoms with E-state index < -0.39 is 0 Å². The summed E-state index contributed by atoms with van der Waals surface area (Å²) in [7, 11) is 0. The molecule has 1 atom stereocenters. The summed E-state index contributed by atoms with van der Waals surface area (Å²) < 4.78 is 0. The molecule has 0 amide bonds. The molecular weight excluding hydrogens is 222 g/mol. The number of likely N-dealkylation sites (tertiary alicyclic amines) is 1. The first-order valence-corrected chi connectivity index (χ1v) is 6.79. The summed E-state index contributed by atoms with van der Waals surface area (Å²) in [6, 6.07) is 10.3. The minimum absolute atomic E-state index is 0.174. The number of nitrogens with zero attached hydrogens (tertiary/aromatic N) is 1. The van der Waals surface area contributed by atoms with Gasteiger partial charge < -0.3 is 5.11 Å². The molecule has 1 unspecified atom stereocenters. The number of aliphatic hydroxyl groups excluding tert-OH is 1. The quantitative estimate of drug-likeness (QED) is 0.888. The van der Waals surface area contributed by atoms with Crippen molar-refractivity contribution in [3.63, 3.8) is 0 Å². The third-order valence-electron chi connectivity index (χ3n) is 4.51. The van der Waals surface area contributed by atoms with Gasteiger partial charge in [-0.1, -0.05) is 51.1 Å². The Morgan fingerprint density at radius 1 is 1.11 bits per heavy atom. The maximum Gasteiger partial charge on any atom is 0.0665 e. The van der Waals surface area contributed by atoms with Crippen molar-refractivity contribution in [2.45, 2.75) is 33.2 Å². The standard InChI is InChI=1S/C16H25NO/c1-15(2,3)14-10-17(11-14)16(4,12-18)13-8-6-5-7-9-13/h5-9,14,18H,10-12H2,1-4H3. The fourth-order valence-corrected chi connectivity index (χ4v) is 2.60. The van der Waals surface area contributed by atoms with Crippen LogP contribution in [0.2, 0.25) is 0 Å². The van der Waals surface area contributed by atoms with Gasteiger partial charge in [0.2, 0.25) is 0 Å². The van der Waals surface area contributed by atoms with Crippen LogP contribution in [-0.4, -0.2) is 29.7 Å². The molecule has 2 rings (SSSR count). The van der Waals surface area contributed by atoms with Crippen molar-refractivity contribution >= 4 is 0 Å². The summed E-state index contributed by atoms with van der Waals surface area (Å²) in [6.07, 6.45) is 0. The summed E-state index contributed by atoms with van der Waals surface area (Å²) in [5.41, 5.74) is 1.34. The van der Waals surface area contributed by atoms with Gasteiger partial charge in [-0.15, -0.1) is 0 Å². The summed E-state index contributed by atoms with van der Waals surface area (Å²) in [6.45, 7) is 11.4. The smallest absolute Gasteiger partial charge is 0.0665 e. The Hall–Kier alpha value is -0.860. The third kappa shape index (κ3) is 2.32. The predicted molar refractivity (Wildman–Crippen MR) is 75.4 cm³/mol. The molecule has 0 saturated carbocycles. The Balaban J connectivity index is 2.12. The first-order valence-electron chi connectivity index (χ1n) is 6.79. The number of benzene rings is 1. The molecule has 1 saturated heterocycles. The Labute approximate surface area is 111 Å². The highest BCUT2D eigenvalue weighted by atomic mass is 16.3. The second-order valence-electron chi connectivity index (χ2n) is 6.77. The molecule has 1 fully saturated rings. The first kappa shape index (κ1) is 13.6. The molecule has 2 heteroatoms. The number of hydrogen-bond donors (Lipinski definition) is 1. The molecule has 0 spiro atoms. The molecular formula is C16H25NO. The van der Waals surface area contributed by atoms with Crippen LogP contribution in [0.1, 0.15) is 33.3 Å². The lowest BCUT2D eigenvalue weighted by atomic mass is 9.73. The van der Waals surface area contributed by atoms with Crippen LogP contribution in [-0.2, 0) is 5.54 Å². The maximum absolute atomic E-state index is 9.82. The fourth-order valence-electron chi connectivity index (χ4n) is 2.60. The largest absolute Gasteiger partial charge is 0.394 e. The molecule has 100 valence electrons. The second-order valence-corrected chi connectivity index (χ2v) is 6.77. The molecule has 1 aromatic carbocycles. The topological polar surface area (TPSA) is 23.5 Å². The van der Waals surface area contributed by atoms with Crippen molar-refractivity contribution in [1.82, 2.24) is 4.90 Å². The van der Waals surface area contributed by atoms with Crippen LogP contribution in [0.15, 0.2) is 30.3 Å². The van der Waals surface area contributed by atoms with Crippen molar-refractivity contribution < 1.29 is 5.11 Å². The van der Waals surface area contributed by atoms with Gasteiger partial charge in [0.25, 0.3) is 0 Å². The molecule has 1 heterocycles. The molecule has 0 aromatic heterocycles. The van der Waals surface area contributed by atoms with Gasteiger partial charge in [-0.25, -0.2) is 0 Å². The van der Waals surface area contributed by atoms with Gasteiger partial charge in [0.05, 0.1) is 12.1 Å². The zero-order valence-electron chi connectivity index (χ0n) is 12.0.